The van der Waals surface area contributed by atoms with Gasteiger partial charge in [0.1, 0.15) is 11.6 Å². The van der Waals surface area contributed by atoms with E-state index in [2.05, 4.69) is 10.3 Å². The van der Waals surface area contributed by atoms with Gasteiger partial charge in [0.25, 0.3) is 0 Å². The summed E-state index contributed by atoms with van der Waals surface area (Å²) < 4.78 is 43.3. The Hall–Kier alpha value is -2.52. The smallest absolute Gasteiger partial charge is 0.226 e. The third kappa shape index (κ3) is 4.81. The second-order valence-corrected chi connectivity index (χ2v) is 8.92. The highest BCUT2D eigenvalue weighted by atomic mass is 32.2. The van der Waals surface area contributed by atoms with Crippen LogP contribution in [0.25, 0.3) is 10.2 Å². The van der Waals surface area contributed by atoms with Crippen molar-refractivity contribution in [2.24, 2.45) is 0 Å². The van der Waals surface area contributed by atoms with Crippen molar-refractivity contribution in [2.45, 2.75) is 17.7 Å². The first kappa shape index (κ1) is 19.2. The normalized spacial score (nSPS) is 11.5. The molecule has 142 valence electrons. The van der Waals surface area contributed by atoms with Gasteiger partial charge in [0.05, 0.1) is 28.0 Å². The molecule has 0 spiro atoms. The molecule has 0 aliphatic carbocycles. The standard InChI is InChI=1S/C18H17FN2O4S2/c1-25-13-6-9-15-16(11-13)26-18(20-15)21-17(22)3-2-10-27(23,24)14-7-4-12(19)5-8-14/h4-9,11H,2-3,10H2,1H3,(H,20,21,22). The lowest BCUT2D eigenvalue weighted by atomic mass is 10.3. The number of methoxy groups -OCH3 is 1. The molecule has 0 aliphatic rings. The number of halogens is 1. The van der Waals surface area contributed by atoms with Crippen molar-refractivity contribution in [3.8, 4) is 5.75 Å². The van der Waals surface area contributed by atoms with E-state index in [9.17, 15) is 17.6 Å². The molecule has 0 aliphatic heterocycles. The number of aromatic nitrogens is 1. The van der Waals surface area contributed by atoms with Gasteiger partial charge in [-0.15, -0.1) is 0 Å². The predicted molar refractivity (Wildman–Crippen MR) is 102 cm³/mol. The molecule has 6 nitrogen and oxygen atoms in total. The maximum atomic E-state index is 12.9. The monoisotopic (exact) mass is 408 g/mol. The van der Waals surface area contributed by atoms with E-state index in [1.54, 1.807) is 19.2 Å². The van der Waals surface area contributed by atoms with Gasteiger partial charge in [-0.2, -0.15) is 0 Å². The van der Waals surface area contributed by atoms with Crippen LogP contribution in [0.3, 0.4) is 0 Å². The Morgan fingerprint density at radius 2 is 1.96 bits per heavy atom. The number of ether oxygens (including phenoxy) is 1. The molecule has 2 aromatic carbocycles. The molecule has 0 saturated heterocycles. The molecular formula is C18H17FN2O4S2. The average molecular weight is 408 g/mol. The van der Waals surface area contributed by atoms with Gasteiger partial charge in [0.2, 0.25) is 5.91 Å². The summed E-state index contributed by atoms with van der Waals surface area (Å²) in [5, 5.41) is 3.13. The fourth-order valence-electron chi connectivity index (χ4n) is 2.45. The number of hydrogen-bond donors (Lipinski definition) is 1. The largest absolute Gasteiger partial charge is 0.497 e. The highest BCUT2D eigenvalue weighted by Crippen LogP contribution is 2.29. The molecule has 1 aromatic heterocycles. The highest BCUT2D eigenvalue weighted by Gasteiger charge is 2.16. The Kier molecular flexibility index (Phi) is 5.71. The molecule has 0 saturated carbocycles. The maximum absolute atomic E-state index is 12.9. The fourth-order valence-corrected chi connectivity index (χ4v) is 4.67. The zero-order chi connectivity index (χ0) is 19.4. The molecule has 1 heterocycles. The number of carbonyl (C=O) groups excluding carboxylic acids is 1. The Morgan fingerprint density at radius 1 is 1.22 bits per heavy atom. The number of fused-ring (bicyclic) bond motifs is 1. The van der Waals surface area contributed by atoms with Gasteiger partial charge in [0.15, 0.2) is 15.0 Å². The van der Waals surface area contributed by atoms with Crippen molar-refractivity contribution >= 4 is 42.4 Å². The van der Waals surface area contributed by atoms with Crippen molar-refractivity contribution in [2.75, 3.05) is 18.2 Å². The SMILES string of the molecule is COc1ccc2nc(NC(=O)CCCS(=O)(=O)c3ccc(F)cc3)sc2c1. The Balaban J connectivity index is 1.56. The van der Waals surface area contributed by atoms with E-state index in [0.717, 1.165) is 22.3 Å². The van der Waals surface area contributed by atoms with Crippen LogP contribution >= 0.6 is 11.3 Å². The third-order valence-electron chi connectivity index (χ3n) is 3.83. The molecule has 3 rings (SSSR count). The van der Waals surface area contributed by atoms with Crippen LogP contribution in [-0.4, -0.2) is 32.2 Å². The second-order valence-electron chi connectivity index (χ2n) is 5.78. The Labute approximate surface area is 159 Å². The number of anilines is 1. The molecule has 1 amide bonds. The van der Waals surface area contributed by atoms with Gasteiger partial charge < -0.3 is 10.1 Å². The van der Waals surface area contributed by atoms with Crippen LogP contribution in [0.4, 0.5) is 9.52 Å². The summed E-state index contributed by atoms with van der Waals surface area (Å²) in [5.74, 6) is -0.296. The molecule has 0 unspecified atom stereocenters. The van der Waals surface area contributed by atoms with Gasteiger partial charge in [-0.05, 0) is 48.9 Å². The van der Waals surface area contributed by atoms with Crippen LogP contribution in [0, 0.1) is 5.82 Å². The summed E-state index contributed by atoms with van der Waals surface area (Å²) in [6, 6.07) is 10.1. The molecular weight excluding hydrogens is 391 g/mol. The first-order valence-corrected chi connectivity index (χ1v) is 10.6. The molecule has 27 heavy (non-hydrogen) atoms. The van der Waals surface area contributed by atoms with Crippen LogP contribution in [0.2, 0.25) is 0 Å². The summed E-state index contributed by atoms with van der Waals surface area (Å²) in [4.78, 5) is 16.4. The van der Waals surface area contributed by atoms with Crippen molar-refractivity contribution in [3.05, 3.63) is 48.3 Å². The summed E-state index contributed by atoms with van der Waals surface area (Å²) in [7, 11) is -1.97. The summed E-state index contributed by atoms with van der Waals surface area (Å²) in [6.07, 6.45) is 0.198. The lowest BCUT2D eigenvalue weighted by molar-refractivity contribution is -0.116. The van der Waals surface area contributed by atoms with E-state index in [-0.39, 0.29) is 29.4 Å². The number of amides is 1. The Morgan fingerprint density at radius 3 is 2.67 bits per heavy atom. The zero-order valence-corrected chi connectivity index (χ0v) is 16.1. The van der Waals surface area contributed by atoms with Crippen molar-refractivity contribution in [3.63, 3.8) is 0 Å². The second kappa shape index (κ2) is 8.01. The van der Waals surface area contributed by atoms with Gasteiger partial charge in [-0.25, -0.2) is 17.8 Å². The van der Waals surface area contributed by atoms with E-state index in [0.29, 0.717) is 10.9 Å². The van der Waals surface area contributed by atoms with Gasteiger partial charge >= 0.3 is 0 Å². The average Bonchev–Trinajstić information content (AvgIpc) is 3.02. The van der Waals surface area contributed by atoms with Crippen LogP contribution in [0.15, 0.2) is 47.4 Å². The Bertz CT molecular complexity index is 1060. The van der Waals surface area contributed by atoms with Crippen LogP contribution in [0.1, 0.15) is 12.8 Å². The summed E-state index contributed by atoms with van der Waals surface area (Å²) in [5.41, 5.74) is 0.745. The number of carbonyl (C=O) groups is 1. The molecule has 9 heteroatoms. The number of nitrogens with zero attached hydrogens (tertiary/aromatic N) is 1. The number of hydrogen-bond acceptors (Lipinski definition) is 6. The molecule has 3 aromatic rings. The molecule has 0 bridgehead atoms. The van der Waals surface area contributed by atoms with Gasteiger partial charge in [-0.1, -0.05) is 11.3 Å². The van der Waals surface area contributed by atoms with Crippen molar-refractivity contribution in [1.29, 1.82) is 0 Å². The predicted octanol–water partition coefficient (Wildman–Crippen LogP) is 3.64. The number of rotatable bonds is 7. The van der Waals surface area contributed by atoms with Crippen molar-refractivity contribution in [1.82, 2.24) is 4.98 Å². The van der Waals surface area contributed by atoms with Crippen molar-refractivity contribution < 1.29 is 22.3 Å². The lowest BCUT2D eigenvalue weighted by Crippen LogP contribution is -2.14. The van der Waals surface area contributed by atoms with Gasteiger partial charge in [-0.3, -0.25) is 4.79 Å². The minimum atomic E-state index is -3.55. The number of thiazole rings is 1. The molecule has 0 radical (unpaired) electrons. The molecule has 1 N–H and O–H groups in total. The van der Waals surface area contributed by atoms with Crippen LogP contribution in [-0.2, 0) is 14.6 Å². The maximum Gasteiger partial charge on any atom is 0.226 e. The minimum absolute atomic E-state index is 0.0413. The first-order chi connectivity index (χ1) is 12.9. The molecule has 0 atom stereocenters. The quantitative estimate of drug-likeness (QED) is 0.604. The van der Waals surface area contributed by atoms with E-state index in [1.807, 2.05) is 6.07 Å². The van der Waals surface area contributed by atoms with E-state index >= 15 is 0 Å². The lowest BCUT2D eigenvalue weighted by Gasteiger charge is -2.04. The van der Waals surface area contributed by atoms with Gasteiger partial charge in [0, 0.05) is 6.42 Å². The first-order valence-electron chi connectivity index (χ1n) is 8.10. The fraction of sp³-hybridized carbons (Fsp3) is 0.222. The number of nitrogens with one attached hydrogen (secondary N) is 1. The van der Waals surface area contributed by atoms with E-state index in [4.69, 9.17) is 4.74 Å². The highest BCUT2D eigenvalue weighted by molar-refractivity contribution is 7.91. The van der Waals surface area contributed by atoms with E-state index < -0.39 is 15.7 Å². The number of sulfone groups is 1. The minimum Gasteiger partial charge on any atom is -0.497 e. The van der Waals surface area contributed by atoms with Crippen LogP contribution < -0.4 is 10.1 Å². The number of benzene rings is 2. The molecule has 0 fully saturated rings. The third-order valence-corrected chi connectivity index (χ3v) is 6.58. The zero-order valence-electron chi connectivity index (χ0n) is 14.4. The summed E-state index contributed by atoms with van der Waals surface area (Å²) >= 11 is 1.32. The van der Waals surface area contributed by atoms with E-state index in [1.165, 1.54) is 23.5 Å². The van der Waals surface area contributed by atoms with Crippen LogP contribution in [0.5, 0.6) is 5.75 Å². The summed E-state index contributed by atoms with van der Waals surface area (Å²) in [6.45, 7) is 0. The topological polar surface area (TPSA) is 85.4 Å².